The fourth-order valence-electron chi connectivity index (χ4n) is 3.06. The van der Waals surface area contributed by atoms with Crippen molar-refractivity contribution in [3.63, 3.8) is 0 Å². The van der Waals surface area contributed by atoms with Gasteiger partial charge in [-0.1, -0.05) is 36.4 Å². The maximum absolute atomic E-state index is 13.4. The minimum absolute atomic E-state index is 0.190. The van der Waals surface area contributed by atoms with Crippen LogP contribution in [0.25, 0.3) is 22.5 Å². The number of halogens is 1. The fourth-order valence-corrected chi connectivity index (χ4v) is 3.06. The van der Waals surface area contributed by atoms with Crippen LogP contribution in [0.4, 0.5) is 4.39 Å². The third-order valence-electron chi connectivity index (χ3n) is 4.51. The second kappa shape index (κ2) is 7.56. The number of hydrogen-bond donors (Lipinski definition) is 0. The number of carbonyl (C=O) groups is 1. The van der Waals surface area contributed by atoms with Crippen LogP contribution >= 0.6 is 0 Å². The van der Waals surface area contributed by atoms with Crippen LogP contribution in [0.1, 0.15) is 18.3 Å². The summed E-state index contributed by atoms with van der Waals surface area (Å²) in [5.41, 5.74) is 1.38. The predicted octanol–water partition coefficient (Wildman–Crippen LogP) is 3.48. The first-order valence-electron chi connectivity index (χ1n) is 8.96. The van der Waals surface area contributed by atoms with Crippen LogP contribution in [0.2, 0.25) is 0 Å². The van der Waals surface area contributed by atoms with Crippen LogP contribution in [0, 0.1) is 5.82 Å². The van der Waals surface area contributed by atoms with Gasteiger partial charge in [-0.05, 0) is 30.7 Å². The highest BCUT2D eigenvalue weighted by Crippen LogP contribution is 2.17. The molecule has 0 aliphatic heterocycles. The van der Waals surface area contributed by atoms with Crippen LogP contribution in [0.15, 0.2) is 60.8 Å². The van der Waals surface area contributed by atoms with Gasteiger partial charge in [-0.15, -0.1) is 10.2 Å². The number of aromatic nitrogens is 4. The maximum Gasteiger partial charge on any atom is 0.246 e. The Labute approximate surface area is 160 Å². The van der Waals surface area contributed by atoms with Gasteiger partial charge in [0.25, 0.3) is 0 Å². The van der Waals surface area contributed by atoms with E-state index < -0.39 is 0 Å². The number of benzene rings is 2. The molecule has 6 nitrogen and oxygen atoms in total. The first-order valence-corrected chi connectivity index (χ1v) is 8.96. The topological polar surface area (TPSA) is 63.4 Å². The zero-order valence-corrected chi connectivity index (χ0v) is 15.3. The van der Waals surface area contributed by atoms with Crippen molar-refractivity contribution in [3.05, 3.63) is 78.0 Å². The molecule has 0 fully saturated rings. The Kier molecular flexibility index (Phi) is 4.80. The van der Waals surface area contributed by atoms with Crippen LogP contribution in [-0.2, 0) is 11.3 Å². The molecule has 0 atom stereocenters. The zero-order chi connectivity index (χ0) is 19.5. The van der Waals surface area contributed by atoms with Gasteiger partial charge in [0.05, 0.1) is 6.20 Å². The number of amides is 1. The van der Waals surface area contributed by atoms with Gasteiger partial charge >= 0.3 is 0 Å². The Morgan fingerprint density at radius 1 is 1.18 bits per heavy atom. The molecule has 0 radical (unpaired) electrons. The van der Waals surface area contributed by atoms with Crippen molar-refractivity contribution in [1.29, 1.82) is 0 Å². The summed E-state index contributed by atoms with van der Waals surface area (Å²) >= 11 is 0. The van der Waals surface area contributed by atoms with Crippen molar-refractivity contribution < 1.29 is 9.18 Å². The molecule has 0 saturated heterocycles. The molecule has 140 valence electrons. The lowest BCUT2D eigenvalue weighted by atomic mass is 10.2. The quantitative estimate of drug-likeness (QED) is 0.501. The highest BCUT2D eigenvalue weighted by atomic mass is 19.1. The molecule has 2 aromatic heterocycles. The molecular formula is C21H18FN5O. The predicted molar refractivity (Wildman–Crippen MR) is 105 cm³/mol. The van der Waals surface area contributed by atoms with E-state index in [2.05, 4.69) is 15.3 Å². The minimum atomic E-state index is -0.315. The lowest BCUT2D eigenvalue weighted by molar-refractivity contribution is -0.126. The Balaban J connectivity index is 1.57. The summed E-state index contributed by atoms with van der Waals surface area (Å²) in [6.45, 7) is 2.72. The van der Waals surface area contributed by atoms with Gasteiger partial charge in [-0.2, -0.15) is 9.61 Å². The molecular weight excluding hydrogens is 357 g/mol. The van der Waals surface area contributed by atoms with Gasteiger partial charge in [0, 0.05) is 29.9 Å². The van der Waals surface area contributed by atoms with E-state index in [-0.39, 0.29) is 11.7 Å². The van der Waals surface area contributed by atoms with Crippen LogP contribution in [0.3, 0.4) is 0 Å². The van der Waals surface area contributed by atoms with Gasteiger partial charge in [0.15, 0.2) is 11.5 Å². The number of fused-ring (bicyclic) bond motifs is 3. The summed E-state index contributed by atoms with van der Waals surface area (Å²) in [7, 11) is 0. The summed E-state index contributed by atoms with van der Waals surface area (Å²) in [4.78, 5) is 14.2. The van der Waals surface area contributed by atoms with Crippen molar-refractivity contribution >= 4 is 28.4 Å². The van der Waals surface area contributed by atoms with Crippen molar-refractivity contribution in [3.8, 4) is 0 Å². The first-order chi connectivity index (χ1) is 13.7. The molecule has 0 aliphatic rings. The van der Waals surface area contributed by atoms with E-state index in [1.165, 1.54) is 18.2 Å². The zero-order valence-electron chi connectivity index (χ0n) is 15.3. The fraction of sp³-hybridized carbons (Fsp3) is 0.143. The standard InChI is InChI=1S/C21H18FN5O/c1-2-26(14-15-6-5-8-17(22)12-15)20(28)11-10-19-24-25-21-18-9-4-3-7-16(18)13-23-27(19)21/h3-13H,2,14H2,1H3. The third-order valence-corrected chi connectivity index (χ3v) is 4.51. The van der Waals surface area contributed by atoms with Gasteiger partial charge in [0.1, 0.15) is 5.82 Å². The molecule has 0 unspecified atom stereocenters. The maximum atomic E-state index is 13.4. The number of carbonyl (C=O) groups excluding carboxylic acids is 1. The summed E-state index contributed by atoms with van der Waals surface area (Å²) in [6.07, 6.45) is 4.78. The highest BCUT2D eigenvalue weighted by molar-refractivity contribution is 5.94. The van der Waals surface area contributed by atoms with Crippen LogP contribution in [0.5, 0.6) is 0 Å². The van der Waals surface area contributed by atoms with Crippen molar-refractivity contribution in [2.24, 2.45) is 0 Å². The molecule has 2 heterocycles. The summed E-state index contributed by atoms with van der Waals surface area (Å²) in [6, 6.07) is 14.0. The van der Waals surface area contributed by atoms with E-state index >= 15 is 0 Å². The second-order valence-electron chi connectivity index (χ2n) is 6.34. The molecule has 0 N–H and O–H groups in total. The first kappa shape index (κ1) is 17.8. The van der Waals surface area contributed by atoms with E-state index in [9.17, 15) is 9.18 Å². The van der Waals surface area contributed by atoms with Crippen molar-refractivity contribution in [2.75, 3.05) is 6.54 Å². The van der Waals surface area contributed by atoms with Gasteiger partial charge < -0.3 is 4.90 Å². The minimum Gasteiger partial charge on any atom is -0.335 e. The average Bonchev–Trinajstić information content (AvgIpc) is 3.14. The van der Waals surface area contributed by atoms with Crippen molar-refractivity contribution in [2.45, 2.75) is 13.5 Å². The monoisotopic (exact) mass is 375 g/mol. The molecule has 0 bridgehead atoms. The summed E-state index contributed by atoms with van der Waals surface area (Å²) in [5.74, 6) is -0.0370. The Bertz CT molecular complexity index is 1180. The SMILES string of the molecule is CCN(Cc1cccc(F)c1)C(=O)C=Cc1nnc2c3ccccc3cnn12. The summed E-state index contributed by atoms with van der Waals surface area (Å²) in [5, 5.41) is 14.6. The molecule has 0 aliphatic carbocycles. The van der Waals surface area contributed by atoms with Crippen molar-refractivity contribution in [1.82, 2.24) is 24.7 Å². The van der Waals surface area contributed by atoms with E-state index in [0.29, 0.717) is 24.6 Å². The number of rotatable bonds is 5. The molecule has 28 heavy (non-hydrogen) atoms. The lowest BCUT2D eigenvalue weighted by Crippen LogP contribution is -2.28. The molecule has 4 aromatic rings. The molecule has 2 aromatic carbocycles. The van der Waals surface area contributed by atoms with E-state index in [4.69, 9.17) is 0 Å². The molecule has 0 spiro atoms. The molecule has 4 rings (SSSR count). The van der Waals surface area contributed by atoms with Gasteiger partial charge in [0.2, 0.25) is 5.91 Å². The average molecular weight is 375 g/mol. The lowest BCUT2D eigenvalue weighted by Gasteiger charge is -2.19. The normalized spacial score (nSPS) is 11.5. The summed E-state index contributed by atoms with van der Waals surface area (Å²) < 4.78 is 15.0. The third kappa shape index (κ3) is 3.46. The van der Waals surface area contributed by atoms with Crippen LogP contribution < -0.4 is 0 Å². The van der Waals surface area contributed by atoms with Gasteiger partial charge in [-0.3, -0.25) is 4.79 Å². The number of likely N-dealkylation sites (N-methyl/N-ethyl adjacent to an activating group) is 1. The smallest absolute Gasteiger partial charge is 0.246 e. The molecule has 7 heteroatoms. The molecule has 0 saturated carbocycles. The Morgan fingerprint density at radius 2 is 2.04 bits per heavy atom. The van der Waals surface area contributed by atoms with Gasteiger partial charge in [-0.25, -0.2) is 4.39 Å². The van der Waals surface area contributed by atoms with E-state index in [1.807, 2.05) is 31.2 Å². The molecule has 1 amide bonds. The number of hydrogen-bond acceptors (Lipinski definition) is 4. The highest BCUT2D eigenvalue weighted by Gasteiger charge is 2.12. The largest absolute Gasteiger partial charge is 0.335 e. The second-order valence-corrected chi connectivity index (χ2v) is 6.34. The Hall–Kier alpha value is -3.61. The Morgan fingerprint density at radius 3 is 2.86 bits per heavy atom. The van der Waals surface area contributed by atoms with Crippen LogP contribution in [-0.4, -0.2) is 37.2 Å². The number of nitrogens with zero attached hydrogens (tertiary/aromatic N) is 5. The van der Waals surface area contributed by atoms with E-state index in [0.717, 1.165) is 16.3 Å². The van der Waals surface area contributed by atoms with E-state index in [1.54, 1.807) is 33.8 Å².